The number of rotatable bonds is 6. The fourth-order valence-electron chi connectivity index (χ4n) is 1.99. The average Bonchev–Trinajstić information content (AvgIpc) is 2.90. The lowest BCUT2D eigenvalue weighted by Gasteiger charge is -2.03. The molecule has 2 aromatic rings. The van der Waals surface area contributed by atoms with Gasteiger partial charge in [0.25, 0.3) is 0 Å². The lowest BCUT2D eigenvalue weighted by atomic mass is 10.1. The number of esters is 1. The normalized spacial score (nSPS) is 10.6. The second-order valence-electron chi connectivity index (χ2n) is 4.56. The van der Waals surface area contributed by atoms with E-state index in [4.69, 9.17) is 21.1 Å². The minimum absolute atomic E-state index is 0.266. The van der Waals surface area contributed by atoms with Crippen molar-refractivity contribution >= 4 is 17.6 Å². The summed E-state index contributed by atoms with van der Waals surface area (Å²) in [4.78, 5) is 11.7. The van der Waals surface area contributed by atoms with Crippen LogP contribution in [0.15, 0.2) is 30.5 Å². The summed E-state index contributed by atoms with van der Waals surface area (Å²) < 4.78 is 11.5. The highest BCUT2D eigenvalue weighted by molar-refractivity contribution is 6.17. The molecule has 5 nitrogen and oxygen atoms in total. The van der Waals surface area contributed by atoms with E-state index in [1.165, 1.54) is 7.11 Å². The summed E-state index contributed by atoms with van der Waals surface area (Å²) in [5.74, 6) is 0.0813. The minimum Gasteiger partial charge on any atom is -0.465 e. The standard InChI is InChI=1S/C15H17ClN2O3/c1-20-10-14-13(15(19)21-2)9-18(17-14)8-12-5-3-11(7-16)4-6-12/h3-6,9H,7-8,10H2,1-2H3. The van der Waals surface area contributed by atoms with Crippen LogP contribution in [0.2, 0.25) is 0 Å². The van der Waals surface area contributed by atoms with Crippen LogP contribution in [0.25, 0.3) is 0 Å². The summed E-state index contributed by atoms with van der Waals surface area (Å²) in [5.41, 5.74) is 3.14. The fraction of sp³-hybridized carbons (Fsp3) is 0.333. The summed E-state index contributed by atoms with van der Waals surface area (Å²) in [6, 6.07) is 7.94. The summed E-state index contributed by atoms with van der Waals surface area (Å²) in [7, 11) is 2.91. The lowest BCUT2D eigenvalue weighted by molar-refractivity contribution is 0.0595. The van der Waals surface area contributed by atoms with Gasteiger partial charge >= 0.3 is 5.97 Å². The Balaban J connectivity index is 2.20. The fourth-order valence-corrected chi connectivity index (χ4v) is 2.17. The van der Waals surface area contributed by atoms with Gasteiger partial charge in [-0.1, -0.05) is 24.3 Å². The Labute approximate surface area is 128 Å². The first-order valence-electron chi connectivity index (χ1n) is 6.45. The van der Waals surface area contributed by atoms with Gasteiger partial charge in [0.1, 0.15) is 11.3 Å². The van der Waals surface area contributed by atoms with Gasteiger partial charge in [-0.15, -0.1) is 11.6 Å². The number of hydrogen-bond donors (Lipinski definition) is 0. The Morgan fingerprint density at radius 2 is 1.90 bits per heavy atom. The number of halogens is 1. The maximum Gasteiger partial charge on any atom is 0.341 e. The minimum atomic E-state index is -0.411. The summed E-state index contributed by atoms with van der Waals surface area (Å²) in [6.45, 7) is 0.832. The molecule has 0 saturated carbocycles. The van der Waals surface area contributed by atoms with Crippen molar-refractivity contribution in [1.29, 1.82) is 0 Å². The average molecular weight is 309 g/mol. The molecule has 1 aromatic heterocycles. The van der Waals surface area contributed by atoms with Gasteiger partial charge in [0, 0.05) is 19.2 Å². The van der Waals surface area contributed by atoms with E-state index in [0.717, 1.165) is 11.1 Å². The van der Waals surface area contributed by atoms with Crippen LogP contribution in [0.3, 0.4) is 0 Å². The Kier molecular flexibility index (Phi) is 5.36. The van der Waals surface area contributed by atoms with Crippen LogP contribution < -0.4 is 0 Å². The molecule has 0 radical (unpaired) electrons. The Morgan fingerprint density at radius 1 is 1.24 bits per heavy atom. The predicted octanol–water partition coefficient (Wildman–Crippen LogP) is 2.60. The number of carbonyl (C=O) groups is 1. The highest BCUT2D eigenvalue weighted by atomic mass is 35.5. The molecule has 0 fully saturated rings. The highest BCUT2D eigenvalue weighted by Crippen LogP contribution is 2.13. The number of benzene rings is 1. The van der Waals surface area contributed by atoms with E-state index in [1.54, 1.807) is 18.0 Å². The molecule has 0 spiro atoms. The summed E-state index contributed by atoms with van der Waals surface area (Å²) in [5, 5.41) is 4.37. The molecule has 2 rings (SSSR count). The van der Waals surface area contributed by atoms with Crippen LogP contribution in [0, 0.1) is 0 Å². The number of alkyl halides is 1. The quantitative estimate of drug-likeness (QED) is 0.608. The van der Waals surface area contributed by atoms with Crippen molar-refractivity contribution in [2.75, 3.05) is 14.2 Å². The topological polar surface area (TPSA) is 53.4 Å². The van der Waals surface area contributed by atoms with Gasteiger partial charge in [-0.25, -0.2) is 4.79 Å². The number of aromatic nitrogens is 2. The van der Waals surface area contributed by atoms with Crippen molar-refractivity contribution in [1.82, 2.24) is 9.78 Å². The molecule has 0 N–H and O–H groups in total. The van der Waals surface area contributed by atoms with Gasteiger partial charge in [0.15, 0.2) is 0 Å². The SMILES string of the molecule is COCc1nn(Cc2ccc(CCl)cc2)cc1C(=O)OC. The number of ether oxygens (including phenoxy) is 2. The first kappa shape index (κ1) is 15.5. The maximum absolute atomic E-state index is 11.7. The van der Waals surface area contributed by atoms with Crippen LogP contribution in [0.5, 0.6) is 0 Å². The van der Waals surface area contributed by atoms with Crippen LogP contribution in [-0.2, 0) is 28.5 Å². The van der Waals surface area contributed by atoms with Crippen molar-refractivity contribution in [3.8, 4) is 0 Å². The third kappa shape index (κ3) is 3.83. The monoisotopic (exact) mass is 308 g/mol. The number of nitrogens with zero attached hydrogens (tertiary/aromatic N) is 2. The van der Waals surface area contributed by atoms with Crippen LogP contribution >= 0.6 is 11.6 Å². The number of methoxy groups -OCH3 is 2. The molecule has 112 valence electrons. The largest absolute Gasteiger partial charge is 0.465 e. The van der Waals surface area contributed by atoms with Gasteiger partial charge in [-0.05, 0) is 11.1 Å². The molecule has 1 heterocycles. The zero-order valence-electron chi connectivity index (χ0n) is 12.0. The summed E-state index contributed by atoms with van der Waals surface area (Å²) in [6.07, 6.45) is 1.68. The molecule has 0 aliphatic rings. The molecule has 21 heavy (non-hydrogen) atoms. The molecular weight excluding hydrogens is 292 g/mol. The van der Waals surface area contributed by atoms with E-state index in [-0.39, 0.29) is 6.61 Å². The van der Waals surface area contributed by atoms with Crippen molar-refractivity contribution in [3.05, 3.63) is 52.8 Å². The Hall–Kier alpha value is -1.85. The number of carbonyl (C=O) groups excluding carboxylic acids is 1. The van der Waals surface area contributed by atoms with Gasteiger partial charge < -0.3 is 9.47 Å². The van der Waals surface area contributed by atoms with Gasteiger partial charge in [0.05, 0.1) is 20.3 Å². The van der Waals surface area contributed by atoms with E-state index in [1.807, 2.05) is 24.3 Å². The first-order valence-corrected chi connectivity index (χ1v) is 6.98. The van der Waals surface area contributed by atoms with Gasteiger partial charge in [0.2, 0.25) is 0 Å². The molecule has 0 saturated heterocycles. The second kappa shape index (κ2) is 7.24. The molecule has 0 unspecified atom stereocenters. The maximum atomic E-state index is 11.7. The highest BCUT2D eigenvalue weighted by Gasteiger charge is 2.16. The van der Waals surface area contributed by atoms with Crippen LogP contribution in [0.4, 0.5) is 0 Å². The molecule has 1 aromatic carbocycles. The Bertz CT molecular complexity index is 608. The third-order valence-corrected chi connectivity index (χ3v) is 3.35. The smallest absolute Gasteiger partial charge is 0.341 e. The number of hydrogen-bond acceptors (Lipinski definition) is 4. The zero-order chi connectivity index (χ0) is 15.2. The van der Waals surface area contributed by atoms with Gasteiger partial charge in [-0.2, -0.15) is 5.10 Å². The molecule has 6 heteroatoms. The molecule has 0 aliphatic carbocycles. The lowest BCUT2D eigenvalue weighted by Crippen LogP contribution is -2.04. The third-order valence-electron chi connectivity index (χ3n) is 3.05. The Morgan fingerprint density at radius 3 is 2.48 bits per heavy atom. The van der Waals surface area contributed by atoms with E-state index >= 15 is 0 Å². The van der Waals surface area contributed by atoms with Crippen LogP contribution in [0.1, 0.15) is 27.2 Å². The predicted molar refractivity (Wildman–Crippen MR) is 79.4 cm³/mol. The van der Waals surface area contributed by atoms with Crippen molar-refractivity contribution in [3.63, 3.8) is 0 Å². The second-order valence-corrected chi connectivity index (χ2v) is 4.83. The molecule has 0 aliphatic heterocycles. The zero-order valence-corrected chi connectivity index (χ0v) is 12.8. The first-order chi connectivity index (χ1) is 10.2. The summed E-state index contributed by atoms with van der Waals surface area (Å²) >= 11 is 5.77. The van der Waals surface area contributed by atoms with Gasteiger partial charge in [-0.3, -0.25) is 4.68 Å². The molecule has 0 bridgehead atoms. The molecular formula is C15H17ClN2O3. The van der Waals surface area contributed by atoms with E-state index < -0.39 is 5.97 Å². The molecule has 0 amide bonds. The van der Waals surface area contributed by atoms with Crippen LogP contribution in [-0.4, -0.2) is 30.0 Å². The molecule has 0 atom stereocenters. The van der Waals surface area contributed by atoms with E-state index in [0.29, 0.717) is 23.7 Å². The van der Waals surface area contributed by atoms with Crippen molar-refractivity contribution < 1.29 is 14.3 Å². The van der Waals surface area contributed by atoms with E-state index in [9.17, 15) is 4.79 Å². The van der Waals surface area contributed by atoms with Crippen molar-refractivity contribution in [2.24, 2.45) is 0 Å². The van der Waals surface area contributed by atoms with E-state index in [2.05, 4.69) is 5.10 Å². The van der Waals surface area contributed by atoms with Crippen molar-refractivity contribution in [2.45, 2.75) is 19.0 Å².